The predicted octanol–water partition coefficient (Wildman–Crippen LogP) is 15.9. The Morgan fingerprint density at radius 2 is 0.917 bits per heavy atom. The van der Waals surface area contributed by atoms with Gasteiger partial charge >= 0.3 is 0 Å². The Hall–Kier alpha value is -7.00. The number of benzene rings is 9. The highest BCUT2D eigenvalue weighted by molar-refractivity contribution is 7.27. The minimum atomic E-state index is -0.508. The second kappa shape index (κ2) is 13.3. The van der Waals surface area contributed by atoms with Gasteiger partial charge in [0.15, 0.2) is 0 Å². The first-order chi connectivity index (χ1) is 29.5. The van der Waals surface area contributed by atoms with Gasteiger partial charge < -0.3 is 4.90 Å². The summed E-state index contributed by atoms with van der Waals surface area (Å²) in [6.45, 7) is 4.77. The van der Waals surface area contributed by atoms with E-state index in [0.29, 0.717) is 0 Å². The minimum Gasteiger partial charge on any atom is -0.308 e. The third-order valence-corrected chi connectivity index (χ3v) is 14.6. The Morgan fingerprint density at radius 3 is 1.65 bits per heavy atom. The van der Waals surface area contributed by atoms with Crippen LogP contribution in [0.1, 0.15) is 47.2 Å². The zero-order valence-electron chi connectivity index (χ0n) is 33.6. The van der Waals surface area contributed by atoms with E-state index in [4.69, 9.17) is 0 Å². The van der Waals surface area contributed by atoms with E-state index < -0.39 is 5.41 Å². The van der Waals surface area contributed by atoms with Crippen molar-refractivity contribution in [2.75, 3.05) is 4.90 Å². The molecule has 2 heteroatoms. The Balaban J connectivity index is 1.18. The van der Waals surface area contributed by atoms with Crippen LogP contribution < -0.4 is 4.90 Å². The normalized spacial score (nSPS) is 14.1. The third kappa shape index (κ3) is 4.86. The lowest BCUT2D eigenvalue weighted by Gasteiger charge is -2.34. The van der Waals surface area contributed by atoms with Crippen molar-refractivity contribution in [2.45, 2.75) is 24.7 Å². The summed E-state index contributed by atoms with van der Waals surface area (Å²) in [4.78, 5) is 2.58. The van der Waals surface area contributed by atoms with Crippen molar-refractivity contribution in [3.63, 3.8) is 0 Å². The van der Waals surface area contributed by atoms with E-state index in [1.165, 1.54) is 98.3 Å². The number of thiophene rings is 1. The molecule has 0 atom stereocenters. The van der Waals surface area contributed by atoms with Crippen LogP contribution in [0.4, 0.5) is 17.1 Å². The van der Waals surface area contributed by atoms with E-state index in [2.05, 4.69) is 231 Å². The number of rotatable bonds is 6. The second-order valence-electron chi connectivity index (χ2n) is 16.8. The van der Waals surface area contributed by atoms with Gasteiger partial charge in [0, 0.05) is 32.1 Å². The lowest BCUT2D eigenvalue weighted by atomic mass is 9.68. The summed E-state index contributed by atoms with van der Waals surface area (Å²) in [7, 11) is 0. The molecule has 284 valence electrons. The van der Waals surface area contributed by atoms with Gasteiger partial charge in [-0.3, -0.25) is 0 Å². The van der Waals surface area contributed by atoms with Gasteiger partial charge in [0.25, 0.3) is 0 Å². The summed E-state index contributed by atoms with van der Waals surface area (Å²) >= 11 is 1.91. The molecule has 2 aliphatic rings. The average Bonchev–Trinajstić information content (AvgIpc) is 3.92. The van der Waals surface area contributed by atoms with Crippen LogP contribution in [-0.4, -0.2) is 0 Å². The molecule has 60 heavy (non-hydrogen) atoms. The molecule has 0 radical (unpaired) electrons. The highest BCUT2D eigenvalue weighted by Gasteiger charge is 2.47. The molecule has 1 heterocycles. The highest BCUT2D eigenvalue weighted by Crippen LogP contribution is 2.60. The molecule has 0 saturated carbocycles. The van der Waals surface area contributed by atoms with Crippen molar-refractivity contribution in [2.24, 2.45) is 0 Å². The van der Waals surface area contributed by atoms with Crippen molar-refractivity contribution < 1.29 is 0 Å². The van der Waals surface area contributed by atoms with Gasteiger partial charge in [0.2, 0.25) is 0 Å². The first-order valence-electron chi connectivity index (χ1n) is 20.9. The quantitative estimate of drug-likeness (QED) is 0.162. The molecular formula is C58H41NS. The summed E-state index contributed by atoms with van der Waals surface area (Å²) in [5, 5.41) is 2.57. The molecule has 10 aromatic rings. The van der Waals surface area contributed by atoms with Gasteiger partial charge in [-0.1, -0.05) is 202 Å². The summed E-state index contributed by atoms with van der Waals surface area (Å²) < 4.78 is 2.59. The van der Waals surface area contributed by atoms with Gasteiger partial charge in [0.05, 0.1) is 21.5 Å². The maximum atomic E-state index is 2.58. The number of anilines is 3. The van der Waals surface area contributed by atoms with E-state index in [1.807, 2.05) is 11.3 Å². The van der Waals surface area contributed by atoms with Gasteiger partial charge in [-0.2, -0.15) is 0 Å². The standard InChI is InChI=1S/C58H41NS/c1-57(2)48-30-14-12-25-43(48)44-36-35-41(37-51(44)57)59(53-34-17-29-46-45-28-16-27-42(55(45)60-56(46)53)38-19-6-3-7-20-38)52-33-18-32-50-54(52)47-26-13-15-31-49(47)58(50,39-21-8-4-9-22-39)40-23-10-5-11-24-40/h3-37H,1-2H3. The molecule has 0 N–H and O–H groups in total. The topological polar surface area (TPSA) is 3.24 Å². The van der Waals surface area contributed by atoms with Crippen LogP contribution in [0.15, 0.2) is 212 Å². The maximum Gasteiger partial charge on any atom is 0.0714 e. The average molecular weight is 784 g/mol. The van der Waals surface area contributed by atoms with Gasteiger partial charge in [0.1, 0.15) is 0 Å². The summed E-state index contributed by atoms with van der Waals surface area (Å²) in [6, 6.07) is 79.1. The van der Waals surface area contributed by atoms with E-state index in [9.17, 15) is 0 Å². The van der Waals surface area contributed by atoms with Crippen LogP contribution in [-0.2, 0) is 10.8 Å². The van der Waals surface area contributed by atoms with Crippen LogP contribution in [0.25, 0.3) is 53.6 Å². The van der Waals surface area contributed by atoms with Crippen molar-refractivity contribution in [3.8, 4) is 33.4 Å². The van der Waals surface area contributed by atoms with Crippen molar-refractivity contribution in [1.82, 2.24) is 0 Å². The third-order valence-electron chi connectivity index (χ3n) is 13.4. The first kappa shape index (κ1) is 35.0. The molecule has 1 aromatic heterocycles. The second-order valence-corrected chi connectivity index (χ2v) is 17.8. The predicted molar refractivity (Wildman–Crippen MR) is 254 cm³/mol. The van der Waals surface area contributed by atoms with E-state index >= 15 is 0 Å². The largest absolute Gasteiger partial charge is 0.308 e. The van der Waals surface area contributed by atoms with Gasteiger partial charge in [-0.15, -0.1) is 11.3 Å². The van der Waals surface area contributed by atoms with E-state index in [-0.39, 0.29) is 5.41 Å². The fraction of sp³-hybridized carbons (Fsp3) is 0.0690. The monoisotopic (exact) mass is 783 g/mol. The van der Waals surface area contributed by atoms with Crippen molar-refractivity contribution in [1.29, 1.82) is 0 Å². The molecule has 9 aromatic carbocycles. The lowest BCUT2D eigenvalue weighted by Crippen LogP contribution is -2.28. The molecular weight excluding hydrogens is 743 g/mol. The van der Waals surface area contributed by atoms with Crippen molar-refractivity contribution >= 4 is 48.6 Å². The van der Waals surface area contributed by atoms with Crippen LogP contribution in [0, 0.1) is 0 Å². The first-order valence-corrected chi connectivity index (χ1v) is 21.8. The van der Waals surface area contributed by atoms with E-state index in [0.717, 1.165) is 5.69 Å². The fourth-order valence-electron chi connectivity index (χ4n) is 10.7. The zero-order valence-corrected chi connectivity index (χ0v) is 34.4. The van der Waals surface area contributed by atoms with Crippen LogP contribution in [0.5, 0.6) is 0 Å². The smallest absolute Gasteiger partial charge is 0.0714 e. The number of hydrogen-bond acceptors (Lipinski definition) is 2. The van der Waals surface area contributed by atoms with Crippen LogP contribution >= 0.6 is 11.3 Å². The number of nitrogens with zero attached hydrogens (tertiary/aromatic N) is 1. The molecule has 0 spiro atoms. The van der Waals surface area contributed by atoms with Gasteiger partial charge in [-0.25, -0.2) is 0 Å². The van der Waals surface area contributed by atoms with Crippen LogP contribution in [0.3, 0.4) is 0 Å². The molecule has 0 unspecified atom stereocenters. The molecule has 0 amide bonds. The number of hydrogen-bond donors (Lipinski definition) is 0. The van der Waals surface area contributed by atoms with E-state index in [1.54, 1.807) is 0 Å². The molecule has 0 fully saturated rings. The highest BCUT2D eigenvalue weighted by atomic mass is 32.1. The zero-order chi connectivity index (χ0) is 40.0. The molecule has 1 nitrogen and oxygen atoms in total. The Kier molecular flexibility index (Phi) is 7.73. The molecule has 12 rings (SSSR count). The molecule has 0 aliphatic heterocycles. The Bertz CT molecular complexity index is 3250. The van der Waals surface area contributed by atoms with Gasteiger partial charge in [-0.05, 0) is 85.5 Å². The SMILES string of the molecule is CC1(C)c2ccccc2-c2ccc(N(c3cccc4c3-c3ccccc3C4(c3ccccc3)c3ccccc3)c3cccc4c3sc3c(-c5ccccc5)cccc34)cc21. The Labute approximate surface area is 355 Å². The Morgan fingerprint density at radius 1 is 0.383 bits per heavy atom. The summed E-state index contributed by atoms with van der Waals surface area (Å²) in [6.07, 6.45) is 0. The molecule has 0 saturated heterocycles. The summed E-state index contributed by atoms with van der Waals surface area (Å²) in [5.74, 6) is 0. The maximum absolute atomic E-state index is 2.58. The minimum absolute atomic E-state index is 0.150. The lowest BCUT2D eigenvalue weighted by molar-refractivity contribution is 0.660. The molecule has 0 bridgehead atoms. The van der Waals surface area contributed by atoms with Crippen LogP contribution in [0.2, 0.25) is 0 Å². The summed E-state index contributed by atoms with van der Waals surface area (Å²) in [5.41, 5.74) is 18.4. The fourth-order valence-corrected chi connectivity index (χ4v) is 12.1. The number of fused-ring (bicyclic) bond motifs is 9. The molecule has 2 aliphatic carbocycles. The van der Waals surface area contributed by atoms with Crippen molar-refractivity contribution in [3.05, 3.63) is 246 Å².